The first-order chi connectivity index (χ1) is 14.6. The van der Waals surface area contributed by atoms with E-state index in [9.17, 15) is 9.90 Å². The van der Waals surface area contributed by atoms with Gasteiger partial charge in [0.25, 0.3) is 0 Å². The van der Waals surface area contributed by atoms with Crippen molar-refractivity contribution in [2.24, 2.45) is 11.8 Å². The molecule has 2 aromatic rings. The van der Waals surface area contributed by atoms with E-state index in [2.05, 4.69) is 6.92 Å². The highest BCUT2D eigenvalue weighted by Gasteiger charge is 2.20. The van der Waals surface area contributed by atoms with E-state index in [0.717, 1.165) is 36.2 Å². The number of carbonyl (C=O) groups is 1. The van der Waals surface area contributed by atoms with Crippen LogP contribution in [-0.2, 0) is 0 Å². The van der Waals surface area contributed by atoms with Crippen LogP contribution in [0.2, 0.25) is 0 Å². The van der Waals surface area contributed by atoms with Gasteiger partial charge in [-0.15, -0.1) is 0 Å². The summed E-state index contributed by atoms with van der Waals surface area (Å²) < 4.78 is 11.2. The molecule has 1 aliphatic carbocycles. The smallest absolute Gasteiger partial charge is 0.336 e. The van der Waals surface area contributed by atoms with Crippen LogP contribution in [0.25, 0.3) is 11.1 Å². The fourth-order valence-electron chi connectivity index (χ4n) is 4.59. The highest BCUT2D eigenvalue weighted by Crippen LogP contribution is 2.34. The van der Waals surface area contributed by atoms with Crippen LogP contribution in [-0.4, -0.2) is 24.8 Å². The Kier molecular flexibility index (Phi) is 8.18. The van der Waals surface area contributed by atoms with Crippen LogP contribution < -0.4 is 9.47 Å². The lowest BCUT2D eigenvalue weighted by Crippen LogP contribution is -2.15. The zero-order valence-electron chi connectivity index (χ0n) is 18.2. The number of hydrogen-bond donors (Lipinski definition) is 1. The summed E-state index contributed by atoms with van der Waals surface area (Å²) in [4.78, 5) is 11.6. The summed E-state index contributed by atoms with van der Waals surface area (Å²) in [7, 11) is 1.58. The molecule has 0 spiro atoms. The monoisotopic (exact) mass is 410 g/mol. The molecule has 0 heterocycles. The number of ether oxygens (including phenoxy) is 2. The SMILES string of the molecule is CCCC1CCC(CCCOc2ccc(-c3cc(OC)ccc3C(=O)O)cc2)CC1. The predicted molar refractivity (Wildman–Crippen MR) is 120 cm³/mol. The molecular weight excluding hydrogens is 376 g/mol. The van der Waals surface area contributed by atoms with Crippen LogP contribution in [0.5, 0.6) is 11.5 Å². The Balaban J connectivity index is 1.49. The van der Waals surface area contributed by atoms with E-state index in [0.29, 0.717) is 11.3 Å². The van der Waals surface area contributed by atoms with Gasteiger partial charge in [0.2, 0.25) is 0 Å². The van der Waals surface area contributed by atoms with Crippen molar-refractivity contribution in [2.75, 3.05) is 13.7 Å². The number of aromatic carboxylic acids is 1. The van der Waals surface area contributed by atoms with E-state index >= 15 is 0 Å². The highest BCUT2D eigenvalue weighted by molar-refractivity contribution is 5.96. The van der Waals surface area contributed by atoms with Gasteiger partial charge in [0.15, 0.2) is 0 Å². The second-order valence-corrected chi connectivity index (χ2v) is 8.41. The Morgan fingerprint density at radius 2 is 1.60 bits per heavy atom. The van der Waals surface area contributed by atoms with Gasteiger partial charge in [-0.25, -0.2) is 4.79 Å². The number of carboxylic acid groups (broad SMARTS) is 1. The summed E-state index contributed by atoms with van der Waals surface area (Å²) in [5.41, 5.74) is 1.74. The molecular formula is C26H34O4. The molecule has 0 radical (unpaired) electrons. The van der Waals surface area contributed by atoms with E-state index in [4.69, 9.17) is 9.47 Å². The summed E-state index contributed by atoms with van der Waals surface area (Å²) in [5.74, 6) is 2.35. The van der Waals surface area contributed by atoms with E-state index < -0.39 is 5.97 Å². The highest BCUT2D eigenvalue weighted by atomic mass is 16.5. The Labute approximate surface area is 180 Å². The molecule has 0 saturated heterocycles. The van der Waals surface area contributed by atoms with Crippen molar-refractivity contribution in [1.29, 1.82) is 0 Å². The molecule has 1 fully saturated rings. The van der Waals surface area contributed by atoms with E-state index in [1.165, 1.54) is 44.9 Å². The molecule has 0 amide bonds. The van der Waals surface area contributed by atoms with Crippen LogP contribution in [0.15, 0.2) is 42.5 Å². The molecule has 30 heavy (non-hydrogen) atoms. The van der Waals surface area contributed by atoms with Gasteiger partial charge in [-0.2, -0.15) is 0 Å². The molecule has 0 unspecified atom stereocenters. The predicted octanol–water partition coefficient (Wildman–Crippen LogP) is 6.83. The van der Waals surface area contributed by atoms with Crippen LogP contribution in [0, 0.1) is 11.8 Å². The van der Waals surface area contributed by atoms with E-state index in [-0.39, 0.29) is 5.56 Å². The third-order valence-corrected chi connectivity index (χ3v) is 6.31. The largest absolute Gasteiger partial charge is 0.497 e. The van der Waals surface area contributed by atoms with Gasteiger partial charge in [0, 0.05) is 0 Å². The first kappa shape index (κ1) is 22.2. The summed E-state index contributed by atoms with van der Waals surface area (Å²) in [5, 5.41) is 9.47. The fourth-order valence-corrected chi connectivity index (χ4v) is 4.59. The number of rotatable bonds is 10. The van der Waals surface area contributed by atoms with Crippen LogP contribution in [0.1, 0.15) is 68.6 Å². The first-order valence-corrected chi connectivity index (χ1v) is 11.2. The van der Waals surface area contributed by atoms with Crippen LogP contribution in [0.4, 0.5) is 0 Å². The topological polar surface area (TPSA) is 55.8 Å². The lowest BCUT2D eigenvalue weighted by molar-refractivity contribution is 0.0697. The Bertz CT molecular complexity index is 804. The average Bonchev–Trinajstić information content (AvgIpc) is 2.78. The Morgan fingerprint density at radius 1 is 0.967 bits per heavy atom. The molecule has 2 aromatic carbocycles. The Morgan fingerprint density at radius 3 is 2.20 bits per heavy atom. The fraction of sp³-hybridized carbons (Fsp3) is 0.500. The minimum Gasteiger partial charge on any atom is -0.497 e. The standard InChI is InChI=1S/C26H34O4/c1-3-5-19-7-9-20(10-8-19)6-4-17-30-22-13-11-21(12-14-22)25-18-23(29-2)15-16-24(25)26(27)28/h11-16,18-20H,3-10,17H2,1-2H3,(H,27,28). The summed E-state index contributed by atoms with van der Waals surface area (Å²) >= 11 is 0. The molecule has 162 valence electrons. The first-order valence-electron chi connectivity index (χ1n) is 11.2. The minimum absolute atomic E-state index is 0.262. The van der Waals surface area contributed by atoms with Crippen molar-refractivity contribution in [2.45, 2.75) is 58.3 Å². The number of carboxylic acids is 1. The number of methoxy groups -OCH3 is 1. The van der Waals surface area contributed by atoms with Crippen molar-refractivity contribution < 1.29 is 19.4 Å². The zero-order valence-corrected chi connectivity index (χ0v) is 18.2. The molecule has 0 atom stereocenters. The van der Waals surface area contributed by atoms with Crippen LogP contribution in [0.3, 0.4) is 0 Å². The van der Waals surface area contributed by atoms with Gasteiger partial charge in [0.1, 0.15) is 11.5 Å². The third-order valence-electron chi connectivity index (χ3n) is 6.31. The summed E-state index contributed by atoms with van der Waals surface area (Å²) in [6.45, 7) is 3.02. The van der Waals surface area contributed by atoms with Crippen molar-refractivity contribution in [3.05, 3.63) is 48.0 Å². The van der Waals surface area contributed by atoms with Gasteiger partial charge in [-0.05, 0) is 66.1 Å². The maximum atomic E-state index is 11.6. The maximum absolute atomic E-state index is 11.6. The van der Waals surface area contributed by atoms with Crippen molar-refractivity contribution >= 4 is 5.97 Å². The third kappa shape index (κ3) is 6.01. The molecule has 4 nitrogen and oxygen atoms in total. The Hall–Kier alpha value is -2.49. The van der Waals surface area contributed by atoms with Crippen LogP contribution >= 0.6 is 0 Å². The molecule has 4 heteroatoms. The maximum Gasteiger partial charge on any atom is 0.336 e. The number of benzene rings is 2. The molecule has 3 rings (SSSR count). The summed E-state index contributed by atoms with van der Waals surface area (Å²) in [6, 6.07) is 12.6. The van der Waals surface area contributed by atoms with Crippen molar-refractivity contribution in [3.8, 4) is 22.6 Å². The van der Waals surface area contributed by atoms with Crippen molar-refractivity contribution in [1.82, 2.24) is 0 Å². The molecule has 1 saturated carbocycles. The lowest BCUT2D eigenvalue weighted by Gasteiger charge is -2.28. The van der Waals surface area contributed by atoms with Gasteiger partial charge in [0.05, 0.1) is 19.3 Å². The van der Waals surface area contributed by atoms with E-state index in [1.54, 1.807) is 25.3 Å². The lowest BCUT2D eigenvalue weighted by atomic mass is 9.78. The molecule has 0 aromatic heterocycles. The van der Waals surface area contributed by atoms with Gasteiger partial charge in [-0.3, -0.25) is 0 Å². The normalized spacial score (nSPS) is 18.7. The average molecular weight is 411 g/mol. The molecule has 0 aliphatic heterocycles. The minimum atomic E-state index is -0.947. The van der Waals surface area contributed by atoms with Gasteiger partial charge in [-0.1, -0.05) is 57.6 Å². The quantitative estimate of drug-likeness (QED) is 0.436. The van der Waals surface area contributed by atoms with E-state index in [1.807, 2.05) is 24.3 Å². The molecule has 1 aliphatic rings. The van der Waals surface area contributed by atoms with Gasteiger partial charge >= 0.3 is 5.97 Å². The molecule has 1 N–H and O–H groups in total. The second kappa shape index (κ2) is 11.1. The molecule has 0 bridgehead atoms. The summed E-state index contributed by atoms with van der Waals surface area (Å²) in [6.07, 6.45) is 10.6. The van der Waals surface area contributed by atoms with Crippen molar-refractivity contribution in [3.63, 3.8) is 0 Å². The zero-order chi connectivity index (χ0) is 21.3. The number of hydrogen-bond acceptors (Lipinski definition) is 3. The van der Waals surface area contributed by atoms with Gasteiger partial charge < -0.3 is 14.6 Å². The second-order valence-electron chi connectivity index (χ2n) is 8.41.